The number of para-hydroxylation sites is 1. The normalized spacial score (nSPS) is 10.7. The molecule has 0 bridgehead atoms. The van der Waals surface area contributed by atoms with Gasteiger partial charge in [-0.1, -0.05) is 48.5 Å². The van der Waals surface area contributed by atoms with E-state index in [-0.39, 0.29) is 5.91 Å². The lowest BCUT2D eigenvalue weighted by atomic mass is 10.1. The number of likely N-dealkylation sites (N-methyl/N-ethyl adjacent to an activating group) is 1. The minimum Gasteiger partial charge on any atom is -0.341 e. The van der Waals surface area contributed by atoms with Gasteiger partial charge >= 0.3 is 0 Å². The maximum Gasteiger partial charge on any atom is 0.228 e. The van der Waals surface area contributed by atoms with Crippen LogP contribution in [0.2, 0.25) is 0 Å². The predicted octanol–water partition coefficient (Wildman–Crippen LogP) is 2.76. The van der Waals surface area contributed by atoms with E-state index in [1.807, 2.05) is 61.6 Å². The molecule has 0 unspecified atom stereocenters. The number of aromatic nitrogens is 2. The van der Waals surface area contributed by atoms with Crippen LogP contribution in [0.15, 0.2) is 54.6 Å². The number of aromatic amines is 1. The first-order valence-electron chi connectivity index (χ1n) is 6.94. The summed E-state index contributed by atoms with van der Waals surface area (Å²) in [5.74, 6) is 0.0771. The zero-order chi connectivity index (χ0) is 14.7. The summed E-state index contributed by atoms with van der Waals surface area (Å²) in [5.41, 5.74) is 2.89. The molecule has 1 N–H and O–H groups in total. The Kier molecular flexibility index (Phi) is 3.69. The highest BCUT2D eigenvalue weighted by Crippen LogP contribution is 2.16. The van der Waals surface area contributed by atoms with Crippen LogP contribution in [0.3, 0.4) is 0 Å². The Hall–Kier alpha value is -2.62. The van der Waals surface area contributed by atoms with Crippen molar-refractivity contribution >= 4 is 16.8 Å². The molecule has 106 valence electrons. The third-order valence-corrected chi connectivity index (χ3v) is 3.56. The lowest BCUT2D eigenvalue weighted by molar-refractivity contribution is -0.129. The Labute approximate surface area is 123 Å². The van der Waals surface area contributed by atoms with Crippen molar-refractivity contribution in [3.63, 3.8) is 0 Å². The van der Waals surface area contributed by atoms with Gasteiger partial charge in [-0.15, -0.1) is 0 Å². The van der Waals surface area contributed by atoms with Gasteiger partial charge in [0.05, 0.1) is 17.6 Å². The SMILES string of the molecule is CN(Cc1ccccc1)C(=O)Cc1[nH]nc2ccccc12. The fourth-order valence-corrected chi connectivity index (χ4v) is 2.38. The first kappa shape index (κ1) is 13.4. The number of hydrogen-bond donors (Lipinski definition) is 1. The highest BCUT2D eigenvalue weighted by Gasteiger charge is 2.13. The molecule has 4 nitrogen and oxygen atoms in total. The predicted molar refractivity (Wildman–Crippen MR) is 82.7 cm³/mol. The number of rotatable bonds is 4. The third-order valence-electron chi connectivity index (χ3n) is 3.56. The van der Waals surface area contributed by atoms with Crippen LogP contribution in [-0.2, 0) is 17.8 Å². The van der Waals surface area contributed by atoms with E-state index in [2.05, 4.69) is 10.2 Å². The van der Waals surface area contributed by atoms with Crippen LogP contribution >= 0.6 is 0 Å². The fourth-order valence-electron chi connectivity index (χ4n) is 2.38. The van der Waals surface area contributed by atoms with Crippen molar-refractivity contribution in [2.24, 2.45) is 0 Å². The summed E-state index contributed by atoms with van der Waals surface area (Å²) in [5, 5.41) is 8.20. The number of fused-ring (bicyclic) bond motifs is 1. The van der Waals surface area contributed by atoms with Crippen LogP contribution in [0.5, 0.6) is 0 Å². The molecule has 21 heavy (non-hydrogen) atoms. The molecule has 0 radical (unpaired) electrons. The summed E-state index contributed by atoms with van der Waals surface area (Å²) >= 11 is 0. The van der Waals surface area contributed by atoms with Gasteiger partial charge < -0.3 is 4.90 Å². The van der Waals surface area contributed by atoms with Gasteiger partial charge in [-0.3, -0.25) is 9.89 Å². The van der Waals surface area contributed by atoms with Gasteiger partial charge in [0, 0.05) is 19.0 Å². The van der Waals surface area contributed by atoms with Crippen molar-refractivity contribution in [3.8, 4) is 0 Å². The summed E-state index contributed by atoms with van der Waals surface area (Å²) in [6.45, 7) is 0.617. The van der Waals surface area contributed by atoms with E-state index in [4.69, 9.17) is 0 Å². The summed E-state index contributed by atoms with van der Waals surface area (Å²) in [7, 11) is 1.83. The average Bonchev–Trinajstić information content (AvgIpc) is 2.91. The van der Waals surface area contributed by atoms with Crippen LogP contribution in [0, 0.1) is 0 Å². The van der Waals surface area contributed by atoms with Crippen LogP contribution in [-0.4, -0.2) is 28.1 Å². The van der Waals surface area contributed by atoms with Crippen molar-refractivity contribution in [2.75, 3.05) is 7.05 Å². The number of H-pyrrole nitrogens is 1. The summed E-state index contributed by atoms with van der Waals surface area (Å²) in [6.07, 6.45) is 0.337. The molecule has 0 aliphatic heterocycles. The fraction of sp³-hybridized carbons (Fsp3) is 0.176. The second-order valence-electron chi connectivity index (χ2n) is 5.13. The van der Waals surface area contributed by atoms with Crippen molar-refractivity contribution < 1.29 is 4.79 Å². The zero-order valence-corrected chi connectivity index (χ0v) is 11.9. The molecule has 4 heteroatoms. The Bertz CT molecular complexity index is 749. The van der Waals surface area contributed by atoms with Crippen LogP contribution in [0.1, 0.15) is 11.3 Å². The first-order chi connectivity index (χ1) is 10.2. The van der Waals surface area contributed by atoms with Crippen molar-refractivity contribution in [1.82, 2.24) is 15.1 Å². The van der Waals surface area contributed by atoms with Crippen molar-refractivity contribution in [1.29, 1.82) is 0 Å². The van der Waals surface area contributed by atoms with Gasteiger partial charge in [0.15, 0.2) is 0 Å². The number of amides is 1. The summed E-state index contributed by atoms with van der Waals surface area (Å²) in [4.78, 5) is 14.1. The summed E-state index contributed by atoms with van der Waals surface area (Å²) in [6, 6.07) is 17.8. The average molecular weight is 279 g/mol. The molecule has 2 aromatic carbocycles. The van der Waals surface area contributed by atoms with Crippen molar-refractivity contribution in [3.05, 3.63) is 65.9 Å². The number of nitrogens with one attached hydrogen (secondary N) is 1. The Morgan fingerprint density at radius 3 is 2.62 bits per heavy atom. The van der Waals surface area contributed by atoms with E-state index in [1.54, 1.807) is 4.90 Å². The van der Waals surface area contributed by atoms with Gasteiger partial charge in [0.2, 0.25) is 5.91 Å². The molecule has 3 aromatic rings. The molecule has 0 aliphatic rings. The Balaban J connectivity index is 1.71. The topological polar surface area (TPSA) is 49.0 Å². The first-order valence-corrected chi connectivity index (χ1v) is 6.94. The Morgan fingerprint density at radius 1 is 1.10 bits per heavy atom. The molecule has 0 saturated heterocycles. The molecule has 0 atom stereocenters. The van der Waals surface area contributed by atoms with Gasteiger partial charge in [-0.25, -0.2) is 0 Å². The monoisotopic (exact) mass is 279 g/mol. The molecular weight excluding hydrogens is 262 g/mol. The number of benzene rings is 2. The van der Waals surface area contributed by atoms with Gasteiger partial charge in [-0.05, 0) is 11.6 Å². The van der Waals surface area contributed by atoms with Crippen LogP contribution in [0.25, 0.3) is 10.9 Å². The van der Waals surface area contributed by atoms with E-state index in [9.17, 15) is 4.79 Å². The quantitative estimate of drug-likeness (QED) is 0.798. The minimum absolute atomic E-state index is 0.0771. The van der Waals surface area contributed by atoms with E-state index in [0.29, 0.717) is 13.0 Å². The number of nitrogens with zero attached hydrogens (tertiary/aromatic N) is 2. The molecule has 1 amide bonds. The van der Waals surface area contributed by atoms with Gasteiger partial charge in [-0.2, -0.15) is 5.10 Å². The lowest BCUT2D eigenvalue weighted by Gasteiger charge is -2.17. The number of carbonyl (C=O) groups excluding carboxylic acids is 1. The molecule has 0 aliphatic carbocycles. The third kappa shape index (κ3) is 2.94. The smallest absolute Gasteiger partial charge is 0.228 e. The molecule has 1 aromatic heterocycles. The van der Waals surface area contributed by atoms with E-state index < -0.39 is 0 Å². The van der Waals surface area contributed by atoms with Crippen LogP contribution < -0.4 is 0 Å². The largest absolute Gasteiger partial charge is 0.341 e. The maximum atomic E-state index is 12.3. The molecule has 0 spiro atoms. The molecule has 0 fully saturated rings. The maximum absolute atomic E-state index is 12.3. The van der Waals surface area contributed by atoms with Crippen molar-refractivity contribution in [2.45, 2.75) is 13.0 Å². The van der Waals surface area contributed by atoms with E-state index >= 15 is 0 Å². The van der Waals surface area contributed by atoms with Gasteiger partial charge in [0.25, 0.3) is 0 Å². The highest BCUT2D eigenvalue weighted by molar-refractivity contribution is 5.87. The zero-order valence-electron chi connectivity index (χ0n) is 11.9. The van der Waals surface area contributed by atoms with Gasteiger partial charge in [0.1, 0.15) is 0 Å². The second-order valence-corrected chi connectivity index (χ2v) is 5.13. The second kappa shape index (κ2) is 5.79. The number of carbonyl (C=O) groups is 1. The van der Waals surface area contributed by atoms with E-state index in [1.165, 1.54) is 0 Å². The lowest BCUT2D eigenvalue weighted by Crippen LogP contribution is -2.27. The van der Waals surface area contributed by atoms with Crippen LogP contribution in [0.4, 0.5) is 0 Å². The highest BCUT2D eigenvalue weighted by atomic mass is 16.2. The molecular formula is C17H17N3O. The van der Waals surface area contributed by atoms with E-state index in [0.717, 1.165) is 22.2 Å². The summed E-state index contributed by atoms with van der Waals surface area (Å²) < 4.78 is 0. The standard InChI is InChI=1S/C17H17N3O/c1-20(12-13-7-3-2-4-8-13)17(21)11-16-14-9-5-6-10-15(14)18-19-16/h2-10H,11-12H2,1H3,(H,18,19). The Morgan fingerprint density at radius 2 is 1.81 bits per heavy atom. The molecule has 1 heterocycles. The number of hydrogen-bond acceptors (Lipinski definition) is 2. The molecule has 3 rings (SSSR count). The molecule has 0 saturated carbocycles. The minimum atomic E-state index is 0.0771.